The molecule has 0 aliphatic carbocycles. The highest BCUT2D eigenvalue weighted by Gasteiger charge is 2.02. The number of aromatic nitrogens is 1. The second kappa shape index (κ2) is 3.81. The minimum atomic E-state index is 0.645. The topological polar surface area (TPSA) is 35.3 Å². The van der Waals surface area contributed by atoms with E-state index >= 15 is 0 Å². The van der Waals surface area contributed by atoms with Crippen LogP contribution in [-0.2, 0) is 4.74 Å². The van der Waals surface area contributed by atoms with Gasteiger partial charge in [0.2, 0.25) is 0 Å². The Morgan fingerprint density at radius 3 is 3.09 bits per heavy atom. The quantitative estimate of drug-likeness (QED) is 0.623. The van der Waals surface area contributed by atoms with Gasteiger partial charge in [0.15, 0.2) is 0 Å². The van der Waals surface area contributed by atoms with E-state index in [-0.39, 0.29) is 0 Å². The number of nitrogens with zero attached hydrogens (tertiary/aromatic N) is 1. The van der Waals surface area contributed by atoms with E-state index in [1.165, 1.54) is 6.26 Å². The van der Waals surface area contributed by atoms with Crippen molar-refractivity contribution in [3.63, 3.8) is 0 Å². The summed E-state index contributed by atoms with van der Waals surface area (Å²) in [5.74, 6) is 0.765. The molecule has 0 saturated heterocycles. The van der Waals surface area contributed by atoms with Crippen molar-refractivity contribution in [2.24, 2.45) is 0 Å². The minimum absolute atomic E-state index is 0.645. The van der Waals surface area contributed by atoms with E-state index in [0.717, 1.165) is 11.5 Å². The number of rotatable bonds is 3. The second-order valence-corrected chi connectivity index (χ2v) is 1.97. The lowest BCUT2D eigenvalue weighted by Gasteiger charge is -2.02. The van der Waals surface area contributed by atoms with E-state index in [1.807, 2.05) is 19.9 Å². The van der Waals surface area contributed by atoms with Gasteiger partial charge in [-0.1, -0.05) is 5.16 Å². The molecule has 1 aromatic rings. The van der Waals surface area contributed by atoms with Crippen molar-refractivity contribution in [2.75, 3.05) is 6.61 Å². The van der Waals surface area contributed by atoms with Crippen LogP contribution in [0.3, 0.4) is 0 Å². The largest absolute Gasteiger partial charge is 0.492 e. The molecule has 0 saturated carbocycles. The van der Waals surface area contributed by atoms with Crippen LogP contribution in [0.4, 0.5) is 0 Å². The Bertz CT molecular complexity index is 226. The van der Waals surface area contributed by atoms with Gasteiger partial charge in [0.25, 0.3) is 0 Å². The summed E-state index contributed by atoms with van der Waals surface area (Å²) in [5.41, 5.74) is 0.745. The number of ether oxygens (including phenoxy) is 1. The summed E-state index contributed by atoms with van der Waals surface area (Å²) in [6.07, 6.45) is 3.39. The van der Waals surface area contributed by atoms with Gasteiger partial charge in [-0.2, -0.15) is 0 Å². The van der Waals surface area contributed by atoms with Crippen LogP contribution in [0, 0.1) is 0 Å². The first-order chi connectivity index (χ1) is 5.38. The summed E-state index contributed by atoms with van der Waals surface area (Å²) < 4.78 is 9.95. The highest BCUT2D eigenvalue weighted by atomic mass is 16.5. The normalized spacial score (nSPS) is 11.6. The van der Waals surface area contributed by atoms with Crippen LogP contribution >= 0.6 is 0 Å². The van der Waals surface area contributed by atoms with Crippen LogP contribution in [0.2, 0.25) is 0 Å². The van der Waals surface area contributed by atoms with Crippen molar-refractivity contribution in [2.45, 2.75) is 13.8 Å². The molecule has 3 heteroatoms. The standard InChI is InChI=1S/C8H11NO2/c1-3-8(10-4-2)7-5-6-11-9-7/h3,5-6H,4H2,1-2H3/b8-3-. The molecule has 0 N–H and O–H groups in total. The van der Waals surface area contributed by atoms with Crippen LogP contribution in [-0.4, -0.2) is 11.8 Å². The Morgan fingerprint density at radius 2 is 2.64 bits per heavy atom. The van der Waals surface area contributed by atoms with Crippen LogP contribution in [0.5, 0.6) is 0 Å². The maximum atomic E-state index is 5.27. The summed E-state index contributed by atoms with van der Waals surface area (Å²) >= 11 is 0. The molecule has 0 spiro atoms. The molecule has 1 rings (SSSR count). The average molecular weight is 153 g/mol. The fraction of sp³-hybridized carbons (Fsp3) is 0.375. The smallest absolute Gasteiger partial charge is 0.148 e. The Balaban J connectivity index is 2.72. The second-order valence-electron chi connectivity index (χ2n) is 1.97. The lowest BCUT2D eigenvalue weighted by molar-refractivity contribution is 0.292. The van der Waals surface area contributed by atoms with Gasteiger partial charge in [-0.25, -0.2) is 0 Å². The molecule has 60 valence electrons. The Hall–Kier alpha value is -1.25. The van der Waals surface area contributed by atoms with Crippen molar-refractivity contribution < 1.29 is 9.26 Å². The van der Waals surface area contributed by atoms with Crippen molar-refractivity contribution in [3.8, 4) is 0 Å². The fourth-order valence-electron chi connectivity index (χ4n) is 0.800. The maximum Gasteiger partial charge on any atom is 0.148 e. The lowest BCUT2D eigenvalue weighted by atomic mass is 10.3. The summed E-state index contributed by atoms with van der Waals surface area (Å²) in [4.78, 5) is 0. The van der Waals surface area contributed by atoms with Crippen LogP contribution in [0.1, 0.15) is 19.5 Å². The highest BCUT2D eigenvalue weighted by molar-refractivity contribution is 5.54. The zero-order valence-electron chi connectivity index (χ0n) is 6.70. The van der Waals surface area contributed by atoms with Gasteiger partial charge in [-0.15, -0.1) is 0 Å². The first-order valence-corrected chi connectivity index (χ1v) is 3.58. The van der Waals surface area contributed by atoms with Gasteiger partial charge in [0, 0.05) is 6.07 Å². The fourth-order valence-corrected chi connectivity index (χ4v) is 0.800. The summed E-state index contributed by atoms with van der Waals surface area (Å²) in [6.45, 7) is 4.48. The van der Waals surface area contributed by atoms with Gasteiger partial charge < -0.3 is 9.26 Å². The molecule has 0 aliphatic heterocycles. The Kier molecular flexibility index (Phi) is 2.72. The van der Waals surface area contributed by atoms with E-state index < -0.39 is 0 Å². The molecule has 0 atom stereocenters. The third kappa shape index (κ3) is 1.83. The van der Waals surface area contributed by atoms with Crippen molar-refractivity contribution in [1.82, 2.24) is 5.16 Å². The molecule has 0 aromatic carbocycles. The maximum absolute atomic E-state index is 5.27. The number of hydrogen-bond donors (Lipinski definition) is 0. The zero-order chi connectivity index (χ0) is 8.10. The van der Waals surface area contributed by atoms with Crippen LogP contribution in [0.25, 0.3) is 5.76 Å². The molecule has 11 heavy (non-hydrogen) atoms. The van der Waals surface area contributed by atoms with Crippen LogP contribution in [0.15, 0.2) is 22.9 Å². The number of allylic oxidation sites excluding steroid dienone is 1. The van der Waals surface area contributed by atoms with Crippen molar-refractivity contribution in [3.05, 3.63) is 24.1 Å². The summed E-state index contributed by atoms with van der Waals surface area (Å²) in [6, 6.07) is 1.77. The summed E-state index contributed by atoms with van der Waals surface area (Å²) in [7, 11) is 0. The molecule has 0 radical (unpaired) electrons. The van der Waals surface area contributed by atoms with Crippen LogP contribution < -0.4 is 0 Å². The van der Waals surface area contributed by atoms with E-state index in [9.17, 15) is 0 Å². The van der Waals surface area contributed by atoms with E-state index in [1.54, 1.807) is 6.07 Å². The van der Waals surface area contributed by atoms with Crippen molar-refractivity contribution >= 4 is 5.76 Å². The third-order valence-corrected chi connectivity index (χ3v) is 1.25. The lowest BCUT2D eigenvalue weighted by Crippen LogP contribution is -1.90. The van der Waals surface area contributed by atoms with E-state index in [4.69, 9.17) is 4.74 Å². The predicted molar refractivity (Wildman–Crippen MR) is 41.8 cm³/mol. The van der Waals surface area contributed by atoms with E-state index in [2.05, 4.69) is 9.68 Å². The average Bonchev–Trinajstić information content (AvgIpc) is 2.52. The first kappa shape index (κ1) is 7.85. The van der Waals surface area contributed by atoms with E-state index in [0.29, 0.717) is 6.61 Å². The predicted octanol–water partition coefficient (Wildman–Crippen LogP) is 2.07. The molecular formula is C8H11NO2. The highest BCUT2D eigenvalue weighted by Crippen LogP contribution is 2.12. The minimum Gasteiger partial charge on any atom is -0.492 e. The Morgan fingerprint density at radius 1 is 1.82 bits per heavy atom. The molecule has 0 amide bonds. The zero-order valence-corrected chi connectivity index (χ0v) is 6.70. The molecule has 0 unspecified atom stereocenters. The van der Waals surface area contributed by atoms with Gasteiger partial charge in [0.05, 0.1) is 6.61 Å². The molecule has 3 nitrogen and oxygen atoms in total. The van der Waals surface area contributed by atoms with Gasteiger partial charge in [-0.05, 0) is 19.9 Å². The number of hydrogen-bond acceptors (Lipinski definition) is 3. The SMILES string of the molecule is C/C=C(\OCC)c1ccon1. The summed E-state index contributed by atoms with van der Waals surface area (Å²) in [5, 5.41) is 3.74. The van der Waals surface area contributed by atoms with Crippen molar-refractivity contribution in [1.29, 1.82) is 0 Å². The molecule has 0 fully saturated rings. The first-order valence-electron chi connectivity index (χ1n) is 3.58. The van der Waals surface area contributed by atoms with Gasteiger partial charge in [0.1, 0.15) is 17.7 Å². The van der Waals surface area contributed by atoms with Gasteiger partial charge >= 0.3 is 0 Å². The molecular weight excluding hydrogens is 142 g/mol. The molecule has 0 bridgehead atoms. The molecule has 0 aliphatic rings. The monoisotopic (exact) mass is 153 g/mol. The third-order valence-electron chi connectivity index (χ3n) is 1.25. The Labute approximate surface area is 65.6 Å². The van der Waals surface area contributed by atoms with Gasteiger partial charge in [-0.3, -0.25) is 0 Å². The molecule has 1 aromatic heterocycles. The molecule has 1 heterocycles.